The van der Waals surface area contributed by atoms with Gasteiger partial charge in [0, 0.05) is 19.8 Å². The molecule has 2 rings (SSSR count). The van der Waals surface area contributed by atoms with E-state index in [1.54, 1.807) is 0 Å². The van der Waals surface area contributed by atoms with Gasteiger partial charge in [-0.05, 0) is 44.6 Å². The normalized spacial score (nSPS) is 24.5. The standard InChI is InChI=1S/C15H29NO2/c1-2-9-16-13-15(7-3-4-8-15)18-12-14-5-10-17-11-6-14/h14,16H,2-13H2,1H3. The van der Waals surface area contributed by atoms with E-state index in [1.807, 2.05) is 0 Å². The van der Waals surface area contributed by atoms with Gasteiger partial charge in [-0.3, -0.25) is 0 Å². The van der Waals surface area contributed by atoms with E-state index in [1.165, 1.54) is 44.9 Å². The van der Waals surface area contributed by atoms with Crippen LogP contribution in [0.15, 0.2) is 0 Å². The highest BCUT2D eigenvalue weighted by Gasteiger charge is 2.35. The first-order valence-corrected chi connectivity index (χ1v) is 7.77. The smallest absolute Gasteiger partial charge is 0.0806 e. The molecule has 1 aliphatic carbocycles. The number of nitrogens with one attached hydrogen (secondary N) is 1. The van der Waals surface area contributed by atoms with Crippen molar-refractivity contribution in [2.45, 2.75) is 57.5 Å². The molecule has 0 unspecified atom stereocenters. The van der Waals surface area contributed by atoms with E-state index in [-0.39, 0.29) is 5.60 Å². The fourth-order valence-corrected chi connectivity index (χ4v) is 3.09. The second kappa shape index (κ2) is 7.46. The molecule has 0 atom stereocenters. The molecule has 1 saturated carbocycles. The third-order valence-electron chi connectivity index (χ3n) is 4.35. The zero-order valence-electron chi connectivity index (χ0n) is 11.9. The van der Waals surface area contributed by atoms with Crippen LogP contribution in [0.4, 0.5) is 0 Å². The van der Waals surface area contributed by atoms with E-state index in [4.69, 9.17) is 9.47 Å². The molecule has 2 aliphatic rings. The van der Waals surface area contributed by atoms with Crippen molar-refractivity contribution < 1.29 is 9.47 Å². The molecule has 0 spiro atoms. The Morgan fingerprint density at radius 3 is 2.61 bits per heavy atom. The van der Waals surface area contributed by atoms with Gasteiger partial charge in [0.15, 0.2) is 0 Å². The van der Waals surface area contributed by atoms with Crippen molar-refractivity contribution in [3.63, 3.8) is 0 Å². The van der Waals surface area contributed by atoms with Gasteiger partial charge in [0.05, 0.1) is 12.2 Å². The van der Waals surface area contributed by atoms with Crippen LogP contribution in [0.2, 0.25) is 0 Å². The molecule has 0 radical (unpaired) electrons. The Morgan fingerprint density at radius 1 is 1.22 bits per heavy atom. The summed E-state index contributed by atoms with van der Waals surface area (Å²) in [5.41, 5.74) is 0.146. The van der Waals surface area contributed by atoms with Crippen molar-refractivity contribution in [2.75, 3.05) is 32.9 Å². The maximum Gasteiger partial charge on any atom is 0.0806 e. The van der Waals surface area contributed by atoms with Crippen molar-refractivity contribution in [3.8, 4) is 0 Å². The fourth-order valence-electron chi connectivity index (χ4n) is 3.09. The molecular formula is C15H29NO2. The highest BCUT2D eigenvalue weighted by molar-refractivity contribution is 4.89. The predicted octanol–water partition coefficient (Wildman–Crippen LogP) is 2.74. The summed E-state index contributed by atoms with van der Waals surface area (Å²) in [5, 5.41) is 3.56. The minimum atomic E-state index is 0.146. The lowest BCUT2D eigenvalue weighted by molar-refractivity contribution is -0.0706. The lowest BCUT2D eigenvalue weighted by Crippen LogP contribution is -2.42. The molecule has 0 bridgehead atoms. The molecule has 106 valence electrons. The Labute approximate surface area is 112 Å². The van der Waals surface area contributed by atoms with Gasteiger partial charge in [0.25, 0.3) is 0 Å². The van der Waals surface area contributed by atoms with Crippen LogP contribution >= 0.6 is 0 Å². The molecule has 3 nitrogen and oxygen atoms in total. The van der Waals surface area contributed by atoms with Crippen LogP contribution < -0.4 is 5.32 Å². The fraction of sp³-hybridized carbons (Fsp3) is 1.00. The summed E-state index contributed by atoms with van der Waals surface area (Å²) >= 11 is 0. The van der Waals surface area contributed by atoms with Gasteiger partial charge in [-0.1, -0.05) is 19.8 Å². The number of hydrogen-bond acceptors (Lipinski definition) is 3. The van der Waals surface area contributed by atoms with Gasteiger partial charge in [0.2, 0.25) is 0 Å². The lowest BCUT2D eigenvalue weighted by Gasteiger charge is -2.33. The highest BCUT2D eigenvalue weighted by Crippen LogP contribution is 2.33. The van der Waals surface area contributed by atoms with Crippen LogP contribution in [0.3, 0.4) is 0 Å². The van der Waals surface area contributed by atoms with E-state index >= 15 is 0 Å². The second-order valence-corrected chi connectivity index (χ2v) is 5.93. The zero-order valence-corrected chi connectivity index (χ0v) is 11.9. The second-order valence-electron chi connectivity index (χ2n) is 5.93. The average Bonchev–Trinajstić information content (AvgIpc) is 2.87. The van der Waals surface area contributed by atoms with E-state index in [2.05, 4.69) is 12.2 Å². The first-order valence-electron chi connectivity index (χ1n) is 7.77. The molecular weight excluding hydrogens is 226 g/mol. The minimum absolute atomic E-state index is 0.146. The van der Waals surface area contributed by atoms with Crippen molar-refractivity contribution >= 4 is 0 Å². The maximum atomic E-state index is 6.36. The summed E-state index contributed by atoms with van der Waals surface area (Å²) in [7, 11) is 0. The third-order valence-corrected chi connectivity index (χ3v) is 4.35. The average molecular weight is 255 g/mol. The molecule has 0 aromatic carbocycles. The molecule has 0 aromatic rings. The van der Waals surface area contributed by atoms with Crippen molar-refractivity contribution in [2.24, 2.45) is 5.92 Å². The van der Waals surface area contributed by atoms with Gasteiger partial charge in [-0.2, -0.15) is 0 Å². The molecule has 0 aromatic heterocycles. The van der Waals surface area contributed by atoms with E-state index in [0.29, 0.717) is 0 Å². The first kappa shape index (κ1) is 14.3. The molecule has 1 aliphatic heterocycles. The quantitative estimate of drug-likeness (QED) is 0.710. The summed E-state index contributed by atoms with van der Waals surface area (Å²) in [6.45, 7) is 7.17. The monoisotopic (exact) mass is 255 g/mol. The lowest BCUT2D eigenvalue weighted by atomic mass is 9.99. The number of rotatable bonds is 7. The van der Waals surface area contributed by atoms with Crippen LogP contribution in [0.25, 0.3) is 0 Å². The van der Waals surface area contributed by atoms with Crippen LogP contribution in [0.1, 0.15) is 51.9 Å². The maximum absolute atomic E-state index is 6.36. The number of hydrogen-bond donors (Lipinski definition) is 1. The predicted molar refractivity (Wildman–Crippen MR) is 73.9 cm³/mol. The van der Waals surface area contributed by atoms with Gasteiger partial charge in [-0.25, -0.2) is 0 Å². The Balaban J connectivity index is 1.74. The van der Waals surface area contributed by atoms with E-state index in [0.717, 1.165) is 38.8 Å². The molecule has 1 heterocycles. The van der Waals surface area contributed by atoms with Crippen molar-refractivity contribution in [3.05, 3.63) is 0 Å². The van der Waals surface area contributed by atoms with E-state index in [9.17, 15) is 0 Å². The topological polar surface area (TPSA) is 30.5 Å². The summed E-state index contributed by atoms with van der Waals surface area (Å²) in [5.74, 6) is 0.724. The summed E-state index contributed by atoms with van der Waals surface area (Å²) in [6.07, 6.45) is 8.72. The van der Waals surface area contributed by atoms with Crippen molar-refractivity contribution in [1.82, 2.24) is 5.32 Å². The van der Waals surface area contributed by atoms with Gasteiger partial charge in [-0.15, -0.1) is 0 Å². The van der Waals surface area contributed by atoms with Crippen LogP contribution in [0.5, 0.6) is 0 Å². The SMILES string of the molecule is CCCNCC1(OCC2CCOCC2)CCCC1. The molecule has 1 saturated heterocycles. The van der Waals surface area contributed by atoms with Gasteiger partial charge >= 0.3 is 0 Å². The molecule has 2 fully saturated rings. The minimum Gasteiger partial charge on any atom is -0.381 e. The first-order chi connectivity index (χ1) is 8.85. The van der Waals surface area contributed by atoms with Crippen molar-refractivity contribution in [1.29, 1.82) is 0 Å². The van der Waals surface area contributed by atoms with E-state index < -0.39 is 0 Å². The zero-order chi connectivity index (χ0) is 12.7. The molecule has 18 heavy (non-hydrogen) atoms. The van der Waals surface area contributed by atoms with Crippen LogP contribution in [0, 0.1) is 5.92 Å². The Bertz CT molecular complexity index is 221. The summed E-state index contributed by atoms with van der Waals surface area (Å²) < 4.78 is 11.8. The van der Waals surface area contributed by atoms with Crippen LogP contribution in [-0.4, -0.2) is 38.5 Å². The van der Waals surface area contributed by atoms with Gasteiger partial charge < -0.3 is 14.8 Å². The summed E-state index contributed by atoms with van der Waals surface area (Å²) in [6, 6.07) is 0. The summed E-state index contributed by atoms with van der Waals surface area (Å²) in [4.78, 5) is 0. The Morgan fingerprint density at radius 2 is 1.94 bits per heavy atom. The highest BCUT2D eigenvalue weighted by atomic mass is 16.5. The third kappa shape index (κ3) is 4.22. The molecule has 1 N–H and O–H groups in total. The Kier molecular flexibility index (Phi) is 5.93. The largest absolute Gasteiger partial charge is 0.381 e. The Hall–Kier alpha value is -0.120. The van der Waals surface area contributed by atoms with Gasteiger partial charge in [0.1, 0.15) is 0 Å². The number of ether oxygens (including phenoxy) is 2. The molecule has 0 amide bonds. The van der Waals surface area contributed by atoms with Crippen LogP contribution in [-0.2, 0) is 9.47 Å². The molecule has 3 heteroatoms.